The van der Waals surface area contributed by atoms with E-state index in [-0.39, 0.29) is 17.4 Å². The zero-order chi connectivity index (χ0) is 13.1. The molecule has 0 spiro atoms. The van der Waals surface area contributed by atoms with Gasteiger partial charge in [0, 0.05) is 35.4 Å². The molecule has 1 saturated carbocycles. The van der Waals surface area contributed by atoms with Gasteiger partial charge in [0.2, 0.25) is 5.91 Å². The van der Waals surface area contributed by atoms with E-state index in [0.717, 1.165) is 19.3 Å². The third-order valence-corrected chi connectivity index (χ3v) is 4.38. The van der Waals surface area contributed by atoms with Gasteiger partial charge in [-0.3, -0.25) is 9.00 Å². The minimum absolute atomic E-state index is 0.0748. The van der Waals surface area contributed by atoms with E-state index >= 15 is 0 Å². The molecule has 0 aliphatic heterocycles. The van der Waals surface area contributed by atoms with Gasteiger partial charge >= 0.3 is 0 Å². The molecule has 3 N–H and O–H groups in total. The zero-order valence-electron chi connectivity index (χ0n) is 11.0. The first-order chi connectivity index (χ1) is 7.89. The molecule has 100 valence electrons. The normalized spacial score (nSPS) is 31.4. The van der Waals surface area contributed by atoms with Gasteiger partial charge in [0.1, 0.15) is 0 Å². The molecule has 0 aromatic heterocycles. The molecule has 0 saturated heterocycles. The summed E-state index contributed by atoms with van der Waals surface area (Å²) in [6, 6.07) is 0.0748. The Hall–Kier alpha value is -0.420. The maximum absolute atomic E-state index is 12.1. The van der Waals surface area contributed by atoms with Crippen LogP contribution in [0.15, 0.2) is 0 Å². The van der Waals surface area contributed by atoms with Crippen LogP contribution in [0.25, 0.3) is 0 Å². The van der Waals surface area contributed by atoms with Gasteiger partial charge in [-0.05, 0) is 32.1 Å². The molecule has 4 nitrogen and oxygen atoms in total. The number of rotatable bonds is 6. The van der Waals surface area contributed by atoms with Crippen molar-refractivity contribution in [1.29, 1.82) is 0 Å². The number of carbonyl (C=O) groups excluding carboxylic acids is 1. The van der Waals surface area contributed by atoms with Gasteiger partial charge in [0.25, 0.3) is 0 Å². The number of hydrogen-bond acceptors (Lipinski definition) is 3. The van der Waals surface area contributed by atoms with Crippen LogP contribution in [0.4, 0.5) is 0 Å². The van der Waals surface area contributed by atoms with Crippen molar-refractivity contribution >= 4 is 16.7 Å². The summed E-state index contributed by atoms with van der Waals surface area (Å²) in [6.45, 7) is 4.53. The predicted molar refractivity (Wildman–Crippen MR) is 71.0 cm³/mol. The van der Waals surface area contributed by atoms with Gasteiger partial charge in [-0.25, -0.2) is 0 Å². The smallest absolute Gasteiger partial charge is 0.227 e. The van der Waals surface area contributed by atoms with Crippen molar-refractivity contribution < 1.29 is 9.00 Å². The minimum atomic E-state index is -0.793. The number of amides is 1. The lowest BCUT2D eigenvalue weighted by Gasteiger charge is -2.44. The Morgan fingerprint density at radius 1 is 1.59 bits per heavy atom. The Morgan fingerprint density at radius 2 is 2.18 bits per heavy atom. The summed E-state index contributed by atoms with van der Waals surface area (Å²) < 4.78 is 11.0. The lowest BCUT2D eigenvalue weighted by molar-refractivity contribution is -0.138. The van der Waals surface area contributed by atoms with Crippen molar-refractivity contribution in [2.45, 2.75) is 39.2 Å². The van der Waals surface area contributed by atoms with Crippen LogP contribution in [0.5, 0.6) is 0 Å². The quantitative estimate of drug-likeness (QED) is 0.736. The van der Waals surface area contributed by atoms with E-state index in [0.29, 0.717) is 18.2 Å². The highest BCUT2D eigenvalue weighted by atomic mass is 32.2. The number of nitrogens with one attached hydrogen (secondary N) is 1. The van der Waals surface area contributed by atoms with Crippen molar-refractivity contribution in [1.82, 2.24) is 5.32 Å². The molecule has 1 rings (SSSR count). The van der Waals surface area contributed by atoms with Crippen molar-refractivity contribution in [2.24, 2.45) is 17.1 Å². The minimum Gasteiger partial charge on any atom is -0.353 e. The van der Waals surface area contributed by atoms with E-state index in [1.165, 1.54) is 0 Å². The highest BCUT2D eigenvalue weighted by Gasteiger charge is 2.47. The maximum Gasteiger partial charge on any atom is 0.227 e. The van der Waals surface area contributed by atoms with Crippen molar-refractivity contribution in [3.05, 3.63) is 0 Å². The molecule has 17 heavy (non-hydrogen) atoms. The Labute approximate surface area is 106 Å². The summed E-state index contributed by atoms with van der Waals surface area (Å²) in [4.78, 5) is 12.1. The highest BCUT2D eigenvalue weighted by molar-refractivity contribution is 7.84. The van der Waals surface area contributed by atoms with Crippen LogP contribution in [0.2, 0.25) is 0 Å². The van der Waals surface area contributed by atoms with E-state index in [4.69, 9.17) is 5.73 Å². The second-order valence-corrected chi connectivity index (χ2v) is 6.99. The highest BCUT2D eigenvalue weighted by Crippen LogP contribution is 2.44. The molecular formula is C12H24N2O2S. The van der Waals surface area contributed by atoms with Crippen LogP contribution >= 0.6 is 0 Å². The van der Waals surface area contributed by atoms with Crippen LogP contribution in [0, 0.1) is 11.3 Å². The Balaban J connectivity index is 2.40. The fourth-order valence-corrected chi connectivity index (χ4v) is 3.20. The molecule has 0 aromatic carbocycles. The monoisotopic (exact) mass is 260 g/mol. The van der Waals surface area contributed by atoms with Crippen LogP contribution in [-0.4, -0.2) is 34.7 Å². The number of hydrogen-bond donors (Lipinski definition) is 2. The first-order valence-corrected chi connectivity index (χ1v) is 7.93. The predicted octanol–water partition coefficient (Wildman–Crippen LogP) is 0.635. The molecule has 2 atom stereocenters. The van der Waals surface area contributed by atoms with Gasteiger partial charge in [-0.1, -0.05) is 6.92 Å². The molecule has 0 heterocycles. The summed E-state index contributed by atoms with van der Waals surface area (Å²) in [5.41, 5.74) is 5.39. The maximum atomic E-state index is 12.1. The Kier molecular flexibility index (Phi) is 5.13. The van der Waals surface area contributed by atoms with E-state index in [1.54, 1.807) is 6.26 Å². The third-order valence-electron chi connectivity index (χ3n) is 3.57. The molecule has 0 aromatic rings. The second kappa shape index (κ2) is 5.96. The van der Waals surface area contributed by atoms with Crippen LogP contribution in [-0.2, 0) is 15.6 Å². The molecule has 1 amide bonds. The molecular weight excluding hydrogens is 236 g/mol. The van der Waals surface area contributed by atoms with Crippen LogP contribution < -0.4 is 11.1 Å². The van der Waals surface area contributed by atoms with E-state index in [9.17, 15) is 9.00 Å². The summed E-state index contributed by atoms with van der Waals surface area (Å²) in [5.74, 6) is 1.31. The average Bonchev–Trinajstić information content (AvgIpc) is 2.21. The van der Waals surface area contributed by atoms with Crippen molar-refractivity contribution in [3.8, 4) is 0 Å². The van der Waals surface area contributed by atoms with Gasteiger partial charge in [0.05, 0.1) is 5.41 Å². The van der Waals surface area contributed by atoms with Crippen LogP contribution in [0.3, 0.4) is 0 Å². The zero-order valence-corrected chi connectivity index (χ0v) is 11.8. The molecule has 1 aliphatic carbocycles. The van der Waals surface area contributed by atoms with E-state index in [1.807, 2.05) is 6.92 Å². The molecule has 0 radical (unpaired) electrons. The Morgan fingerprint density at radius 3 is 2.59 bits per heavy atom. The topological polar surface area (TPSA) is 72.2 Å². The standard InChI is InChI=1S/C12H24N2O2S/c1-9-6-12(7-9,8-13)11(15)14-10(2)4-5-17(3)16/h9-10H,4-8,13H2,1-3H3,(H,14,15). The molecule has 0 bridgehead atoms. The first-order valence-electron chi connectivity index (χ1n) is 6.20. The van der Waals surface area contributed by atoms with Crippen LogP contribution in [0.1, 0.15) is 33.1 Å². The third kappa shape index (κ3) is 3.78. The lowest BCUT2D eigenvalue weighted by Crippen LogP contribution is -2.55. The summed E-state index contributed by atoms with van der Waals surface area (Å²) in [5, 5.41) is 3.00. The molecule has 5 heteroatoms. The number of nitrogens with two attached hydrogens (primary N) is 1. The van der Waals surface area contributed by atoms with Crippen molar-refractivity contribution in [3.63, 3.8) is 0 Å². The lowest BCUT2D eigenvalue weighted by atomic mass is 9.62. The van der Waals surface area contributed by atoms with Gasteiger partial charge in [0.15, 0.2) is 0 Å². The summed E-state index contributed by atoms with van der Waals surface area (Å²) in [6.07, 6.45) is 4.22. The summed E-state index contributed by atoms with van der Waals surface area (Å²) in [7, 11) is -0.793. The molecule has 1 fully saturated rings. The van der Waals surface area contributed by atoms with E-state index < -0.39 is 10.8 Å². The number of carbonyl (C=O) groups is 1. The summed E-state index contributed by atoms with van der Waals surface area (Å²) >= 11 is 0. The molecule has 1 aliphatic rings. The fraction of sp³-hybridized carbons (Fsp3) is 0.917. The van der Waals surface area contributed by atoms with Gasteiger partial charge in [-0.15, -0.1) is 0 Å². The average molecular weight is 260 g/mol. The van der Waals surface area contributed by atoms with Gasteiger partial charge < -0.3 is 11.1 Å². The molecule has 2 unspecified atom stereocenters. The Bertz CT molecular complexity index is 301. The van der Waals surface area contributed by atoms with E-state index in [2.05, 4.69) is 12.2 Å². The fourth-order valence-electron chi connectivity index (χ4n) is 2.51. The largest absolute Gasteiger partial charge is 0.353 e. The first kappa shape index (κ1) is 14.6. The SMILES string of the molecule is CC1CC(CN)(C(=O)NC(C)CCS(C)=O)C1. The van der Waals surface area contributed by atoms with Gasteiger partial charge in [-0.2, -0.15) is 0 Å². The van der Waals surface area contributed by atoms with Crippen molar-refractivity contribution in [2.75, 3.05) is 18.6 Å². The second-order valence-electron chi connectivity index (χ2n) is 5.44.